The molecule has 0 radical (unpaired) electrons. The SMILES string of the molecule is COc1cc(C=CC(=O)c2ccc(C)cc2)c([N+](=O)[O-])cc1OC. The molecule has 0 atom stereocenters. The molecular formula is C18H17NO5. The lowest BCUT2D eigenvalue weighted by atomic mass is 10.1. The number of hydrogen-bond donors (Lipinski definition) is 0. The Balaban J connectivity index is 2.38. The normalized spacial score (nSPS) is 10.6. The van der Waals surface area contributed by atoms with E-state index < -0.39 is 4.92 Å². The Bertz CT molecular complexity index is 794. The van der Waals surface area contributed by atoms with Crippen molar-refractivity contribution < 1.29 is 19.2 Å². The number of benzene rings is 2. The predicted octanol–water partition coefficient (Wildman–Crippen LogP) is 3.82. The lowest BCUT2D eigenvalue weighted by Gasteiger charge is -2.08. The van der Waals surface area contributed by atoms with Crippen molar-refractivity contribution in [3.63, 3.8) is 0 Å². The first-order valence-electron chi connectivity index (χ1n) is 7.15. The summed E-state index contributed by atoms with van der Waals surface area (Å²) >= 11 is 0. The van der Waals surface area contributed by atoms with Gasteiger partial charge in [0.1, 0.15) is 0 Å². The summed E-state index contributed by atoms with van der Waals surface area (Å²) in [5.74, 6) is 0.371. The van der Waals surface area contributed by atoms with Crippen molar-refractivity contribution in [1.29, 1.82) is 0 Å². The molecule has 6 nitrogen and oxygen atoms in total. The van der Waals surface area contributed by atoms with Gasteiger partial charge in [-0.25, -0.2) is 0 Å². The monoisotopic (exact) mass is 327 g/mol. The number of rotatable bonds is 6. The number of ether oxygens (including phenoxy) is 2. The molecule has 0 unspecified atom stereocenters. The molecule has 0 N–H and O–H groups in total. The number of nitrogens with zero attached hydrogens (tertiary/aromatic N) is 1. The highest BCUT2D eigenvalue weighted by Crippen LogP contribution is 2.35. The number of methoxy groups -OCH3 is 2. The average Bonchev–Trinajstić information content (AvgIpc) is 2.59. The highest BCUT2D eigenvalue weighted by molar-refractivity contribution is 6.07. The van der Waals surface area contributed by atoms with Crippen LogP contribution in [-0.4, -0.2) is 24.9 Å². The zero-order valence-corrected chi connectivity index (χ0v) is 13.6. The molecule has 2 rings (SSSR count). The fourth-order valence-corrected chi connectivity index (χ4v) is 2.16. The molecule has 0 bridgehead atoms. The van der Waals surface area contributed by atoms with Gasteiger partial charge in [-0.05, 0) is 25.1 Å². The van der Waals surface area contributed by atoms with Crippen LogP contribution >= 0.6 is 0 Å². The Morgan fingerprint density at radius 3 is 2.21 bits per heavy atom. The van der Waals surface area contributed by atoms with Gasteiger partial charge in [0.05, 0.1) is 30.8 Å². The second-order valence-electron chi connectivity index (χ2n) is 5.09. The molecule has 0 saturated carbocycles. The molecule has 6 heteroatoms. The number of nitro benzene ring substituents is 1. The fourth-order valence-electron chi connectivity index (χ4n) is 2.16. The van der Waals surface area contributed by atoms with Crippen molar-refractivity contribution in [1.82, 2.24) is 0 Å². The second-order valence-corrected chi connectivity index (χ2v) is 5.09. The Morgan fingerprint density at radius 1 is 1.08 bits per heavy atom. The molecule has 0 heterocycles. The molecular weight excluding hydrogens is 310 g/mol. The van der Waals surface area contributed by atoms with E-state index in [0.29, 0.717) is 11.3 Å². The second kappa shape index (κ2) is 7.41. The lowest BCUT2D eigenvalue weighted by Crippen LogP contribution is -1.98. The lowest BCUT2D eigenvalue weighted by molar-refractivity contribution is -0.385. The minimum Gasteiger partial charge on any atom is -0.493 e. The summed E-state index contributed by atoms with van der Waals surface area (Å²) in [5.41, 5.74) is 1.66. The highest BCUT2D eigenvalue weighted by Gasteiger charge is 2.18. The van der Waals surface area contributed by atoms with Crippen molar-refractivity contribution in [3.05, 3.63) is 69.3 Å². The van der Waals surface area contributed by atoms with Crippen LogP contribution in [0.25, 0.3) is 6.08 Å². The predicted molar refractivity (Wildman–Crippen MR) is 90.7 cm³/mol. The minimum atomic E-state index is -0.530. The molecule has 24 heavy (non-hydrogen) atoms. The number of aryl methyl sites for hydroxylation is 1. The van der Waals surface area contributed by atoms with Crippen LogP contribution in [0, 0.1) is 17.0 Å². The van der Waals surface area contributed by atoms with Gasteiger partial charge in [0.25, 0.3) is 5.69 Å². The van der Waals surface area contributed by atoms with Crippen molar-refractivity contribution in [3.8, 4) is 11.5 Å². The number of ketones is 1. The number of carbonyl (C=O) groups excluding carboxylic acids is 1. The molecule has 0 saturated heterocycles. The molecule has 0 aliphatic heterocycles. The van der Waals surface area contributed by atoms with Crippen LogP contribution in [0.3, 0.4) is 0 Å². The molecule has 0 spiro atoms. The van der Waals surface area contributed by atoms with E-state index >= 15 is 0 Å². The average molecular weight is 327 g/mol. The van der Waals surface area contributed by atoms with Crippen LogP contribution in [0.1, 0.15) is 21.5 Å². The molecule has 0 amide bonds. The smallest absolute Gasteiger partial charge is 0.280 e. The standard InChI is InChI=1S/C18H17NO5/c1-12-4-6-13(7-5-12)16(20)9-8-14-10-17(23-2)18(24-3)11-15(14)19(21)22/h4-11H,1-3H3. The third kappa shape index (κ3) is 3.78. The van der Waals surface area contributed by atoms with Crippen LogP contribution in [0.2, 0.25) is 0 Å². The van der Waals surface area contributed by atoms with Crippen LogP contribution in [-0.2, 0) is 0 Å². The van der Waals surface area contributed by atoms with Crippen molar-refractivity contribution >= 4 is 17.5 Å². The van der Waals surface area contributed by atoms with Crippen molar-refractivity contribution in [2.45, 2.75) is 6.92 Å². The summed E-state index contributed by atoms with van der Waals surface area (Å²) in [6, 6.07) is 9.83. The fraction of sp³-hybridized carbons (Fsp3) is 0.167. The topological polar surface area (TPSA) is 78.7 Å². The van der Waals surface area contributed by atoms with Crippen molar-refractivity contribution in [2.75, 3.05) is 14.2 Å². The highest BCUT2D eigenvalue weighted by atomic mass is 16.6. The Labute approximate surface area is 139 Å². The Morgan fingerprint density at radius 2 is 1.67 bits per heavy atom. The quantitative estimate of drug-likeness (QED) is 0.349. The minimum absolute atomic E-state index is 0.166. The summed E-state index contributed by atoms with van der Waals surface area (Å²) in [6.07, 6.45) is 2.71. The molecule has 2 aromatic carbocycles. The van der Waals surface area contributed by atoms with E-state index in [0.717, 1.165) is 5.56 Å². The summed E-state index contributed by atoms with van der Waals surface area (Å²) in [6.45, 7) is 1.93. The van der Waals surface area contributed by atoms with E-state index in [1.165, 1.54) is 38.5 Å². The first kappa shape index (κ1) is 17.2. The van der Waals surface area contributed by atoms with E-state index in [4.69, 9.17) is 9.47 Å². The van der Waals surface area contributed by atoms with E-state index in [9.17, 15) is 14.9 Å². The van der Waals surface area contributed by atoms with Gasteiger partial charge < -0.3 is 9.47 Å². The van der Waals surface area contributed by atoms with Gasteiger partial charge in [-0.1, -0.05) is 29.8 Å². The third-order valence-corrected chi connectivity index (χ3v) is 3.48. The number of carbonyl (C=O) groups is 1. The van der Waals surface area contributed by atoms with E-state index in [1.54, 1.807) is 12.1 Å². The first-order chi connectivity index (χ1) is 11.5. The number of hydrogen-bond acceptors (Lipinski definition) is 5. The van der Waals surface area contributed by atoms with Gasteiger partial charge in [0.15, 0.2) is 17.3 Å². The van der Waals surface area contributed by atoms with E-state index in [-0.39, 0.29) is 22.8 Å². The number of allylic oxidation sites excluding steroid dienone is 1. The van der Waals surface area contributed by atoms with Gasteiger partial charge in [-0.2, -0.15) is 0 Å². The van der Waals surface area contributed by atoms with Gasteiger partial charge in [0, 0.05) is 5.56 Å². The zero-order chi connectivity index (χ0) is 17.7. The zero-order valence-electron chi connectivity index (χ0n) is 13.6. The summed E-state index contributed by atoms with van der Waals surface area (Å²) in [5, 5.41) is 11.2. The summed E-state index contributed by atoms with van der Waals surface area (Å²) < 4.78 is 10.2. The molecule has 0 aliphatic rings. The molecule has 2 aromatic rings. The maximum Gasteiger partial charge on any atom is 0.280 e. The molecule has 0 aromatic heterocycles. The summed E-state index contributed by atoms with van der Waals surface area (Å²) in [4.78, 5) is 22.9. The molecule has 124 valence electrons. The van der Waals surface area contributed by atoms with E-state index in [1.807, 2.05) is 19.1 Å². The summed E-state index contributed by atoms with van der Waals surface area (Å²) in [7, 11) is 2.84. The largest absolute Gasteiger partial charge is 0.493 e. The van der Waals surface area contributed by atoms with Crippen LogP contribution in [0.4, 0.5) is 5.69 Å². The number of nitro groups is 1. The Kier molecular flexibility index (Phi) is 5.31. The molecule has 0 fully saturated rings. The Hall–Kier alpha value is -3.15. The van der Waals surface area contributed by atoms with Gasteiger partial charge in [0.2, 0.25) is 0 Å². The maximum absolute atomic E-state index is 12.2. The molecule has 0 aliphatic carbocycles. The van der Waals surface area contributed by atoms with Crippen LogP contribution in [0.15, 0.2) is 42.5 Å². The van der Waals surface area contributed by atoms with E-state index in [2.05, 4.69) is 0 Å². The van der Waals surface area contributed by atoms with Crippen molar-refractivity contribution in [2.24, 2.45) is 0 Å². The third-order valence-electron chi connectivity index (χ3n) is 3.48. The van der Waals surface area contributed by atoms with Gasteiger partial charge in [-0.15, -0.1) is 0 Å². The van der Waals surface area contributed by atoms with Crippen LogP contribution in [0.5, 0.6) is 11.5 Å². The van der Waals surface area contributed by atoms with Crippen LogP contribution < -0.4 is 9.47 Å². The maximum atomic E-state index is 12.2. The first-order valence-corrected chi connectivity index (χ1v) is 7.15. The van der Waals surface area contributed by atoms with Gasteiger partial charge >= 0.3 is 0 Å². The van der Waals surface area contributed by atoms with Gasteiger partial charge in [-0.3, -0.25) is 14.9 Å².